The minimum atomic E-state index is 0.861. The number of aryl methyl sites for hydroxylation is 1. The highest BCUT2D eigenvalue weighted by atomic mass is 15.2. The standard InChI is InChI=1S/C17H24N4/c1-12-14(15-5-3-4-6-16(15)21-12)9-10-19-17(18-2)20-11-13-7-8-13/h3-6,13,21H,7-11H2,1-2H3,(H2,18,19,20). The molecule has 1 aliphatic rings. The second-order valence-electron chi connectivity index (χ2n) is 5.85. The Bertz CT molecular complexity index is 637. The second kappa shape index (κ2) is 6.20. The fourth-order valence-electron chi connectivity index (χ4n) is 2.75. The summed E-state index contributed by atoms with van der Waals surface area (Å²) in [5.74, 6) is 1.78. The minimum Gasteiger partial charge on any atom is -0.358 e. The maximum absolute atomic E-state index is 4.28. The molecule has 4 nitrogen and oxygen atoms in total. The fourth-order valence-corrected chi connectivity index (χ4v) is 2.75. The summed E-state index contributed by atoms with van der Waals surface area (Å²) in [7, 11) is 1.83. The Morgan fingerprint density at radius 3 is 2.86 bits per heavy atom. The number of hydrogen-bond donors (Lipinski definition) is 3. The van der Waals surface area contributed by atoms with Crippen molar-refractivity contribution in [3.63, 3.8) is 0 Å². The van der Waals surface area contributed by atoms with Crippen LogP contribution in [-0.4, -0.2) is 31.1 Å². The number of rotatable bonds is 5. The van der Waals surface area contributed by atoms with Gasteiger partial charge in [0.1, 0.15) is 0 Å². The zero-order chi connectivity index (χ0) is 14.7. The van der Waals surface area contributed by atoms with Crippen LogP contribution in [0.4, 0.5) is 0 Å². The molecule has 1 fully saturated rings. The molecule has 0 amide bonds. The van der Waals surface area contributed by atoms with Gasteiger partial charge in [-0.3, -0.25) is 4.99 Å². The number of aliphatic imine (C=N–C) groups is 1. The Morgan fingerprint density at radius 1 is 1.29 bits per heavy atom. The molecule has 21 heavy (non-hydrogen) atoms. The van der Waals surface area contributed by atoms with Gasteiger partial charge in [0.05, 0.1) is 0 Å². The zero-order valence-electron chi connectivity index (χ0n) is 12.9. The lowest BCUT2D eigenvalue weighted by Crippen LogP contribution is -2.39. The van der Waals surface area contributed by atoms with Crippen molar-refractivity contribution in [2.24, 2.45) is 10.9 Å². The van der Waals surface area contributed by atoms with Gasteiger partial charge in [0.2, 0.25) is 0 Å². The van der Waals surface area contributed by atoms with Crippen LogP contribution in [0.1, 0.15) is 24.1 Å². The van der Waals surface area contributed by atoms with Crippen LogP contribution in [0.5, 0.6) is 0 Å². The number of para-hydroxylation sites is 1. The van der Waals surface area contributed by atoms with Crippen molar-refractivity contribution in [3.8, 4) is 0 Å². The third kappa shape index (κ3) is 3.38. The molecule has 0 aliphatic heterocycles. The molecule has 1 aliphatic carbocycles. The van der Waals surface area contributed by atoms with E-state index >= 15 is 0 Å². The van der Waals surface area contributed by atoms with E-state index in [0.29, 0.717) is 0 Å². The number of hydrogen-bond acceptors (Lipinski definition) is 1. The molecule has 1 saturated carbocycles. The number of nitrogens with one attached hydrogen (secondary N) is 3. The van der Waals surface area contributed by atoms with Crippen LogP contribution in [0.2, 0.25) is 0 Å². The third-order valence-electron chi connectivity index (χ3n) is 4.17. The van der Waals surface area contributed by atoms with E-state index in [4.69, 9.17) is 0 Å². The summed E-state index contributed by atoms with van der Waals surface area (Å²) in [6.45, 7) is 4.09. The topological polar surface area (TPSA) is 52.2 Å². The van der Waals surface area contributed by atoms with E-state index in [-0.39, 0.29) is 0 Å². The van der Waals surface area contributed by atoms with Gasteiger partial charge in [-0.1, -0.05) is 18.2 Å². The van der Waals surface area contributed by atoms with Crippen molar-refractivity contribution >= 4 is 16.9 Å². The first-order chi connectivity index (χ1) is 10.3. The van der Waals surface area contributed by atoms with Crippen molar-refractivity contribution in [1.29, 1.82) is 0 Å². The number of H-pyrrole nitrogens is 1. The number of nitrogens with zero attached hydrogens (tertiary/aromatic N) is 1. The summed E-state index contributed by atoms with van der Waals surface area (Å²) in [4.78, 5) is 7.73. The van der Waals surface area contributed by atoms with Crippen LogP contribution < -0.4 is 10.6 Å². The molecular formula is C17H24N4. The zero-order valence-corrected chi connectivity index (χ0v) is 12.9. The number of guanidine groups is 1. The normalized spacial score (nSPS) is 15.4. The molecule has 1 aromatic carbocycles. The van der Waals surface area contributed by atoms with Crippen LogP contribution in [0, 0.1) is 12.8 Å². The lowest BCUT2D eigenvalue weighted by atomic mass is 10.1. The predicted octanol–water partition coefficient (Wildman–Crippen LogP) is 2.59. The highest BCUT2D eigenvalue weighted by Gasteiger charge is 2.21. The van der Waals surface area contributed by atoms with E-state index in [0.717, 1.165) is 31.4 Å². The van der Waals surface area contributed by atoms with Gasteiger partial charge >= 0.3 is 0 Å². The maximum Gasteiger partial charge on any atom is 0.190 e. The van der Waals surface area contributed by atoms with Crippen LogP contribution in [0.25, 0.3) is 10.9 Å². The van der Waals surface area contributed by atoms with Gasteiger partial charge in [-0.05, 0) is 43.7 Å². The van der Waals surface area contributed by atoms with E-state index in [9.17, 15) is 0 Å². The van der Waals surface area contributed by atoms with E-state index in [1.807, 2.05) is 7.05 Å². The van der Waals surface area contributed by atoms with Crippen LogP contribution >= 0.6 is 0 Å². The summed E-state index contributed by atoms with van der Waals surface area (Å²) in [5, 5.41) is 8.13. The van der Waals surface area contributed by atoms with Crippen molar-refractivity contribution in [2.75, 3.05) is 20.1 Å². The van der Waals surface area contributed by atoms with Gasteiger partial charge in [-0.25, -0.2) is 0 Å². The predicted molar refractivity (Wildman–Crippen MR) is 88.8 cm³/mol. The summed E-state index contributed by atoms with van der Waals surface area (Å²) < 4.78 is 0. The summed E-state index contributed by atoms with van der Waals surface area (Å²) in [5.41, 5.74) is 3.89. The number of aromatic amines is 1. The SMILES string of the molecule is CN=C(NCCc1c(C)[nH]c2ccccc12)NCC1CC1. The largest absolute Gasteiger partial charge is 0.358 e. The van der Waals surface area contributed by atoms with Crippen molar-refractivity contribution in [1.82, 2.24) is 15.6 Å². The third-order valence-corrected chi connectivity index (χ3v) is 4.17. The summed E-state index contributed by atoms with van der Waals surface area (Å²) in [6.07, 6.45) is 3.72. The number of aromatic nitrogens is 1. The average Bonchev–Trinajstić information content (AvgIpc) is 3.26. The van der Waals surface area contributed by atoms with Gasteiger partial charge < -0.3 is 15.6 Å². The average molecular weight is 284 g/mol. The molecule has 2 aromatic rings. The Labute approximate surface area is 126 Å². The molecule has 0 saturated heterocycles. The quantitative estimate of drug-likeness (QED) is 0.584. The molecule has 0 spiro atoms. The molecular weight excluding hydrogens is 260 g/mol. The molecule has 0 atom stereocenters. The summed E-state index contributed by atoms with van der Waals surface area (Å²) >= 11 is 0. The Balaban J connectivity index is 1.57. The monoisotopic (exact) mass is 284 g/mol. The molecule has 1 heterocycles. The highest BCUT2D eigenvalue weighted by molar-refractivity contribution is 5.84. The van der Waals surface area contributed by atoms with Gasteiger partial charge in [0.25, 0.3) is 0 Å². The molecule has 3 N–H and O–H groups in total. The van der Waals surface area contributed by atoms with Crippen LogP contribution in [0.3, 0.4) is 0 Å². The van der Waals surface area contributed by atoms with E-state index in [1.54, 1.807) is 0 Å². The first kappa shape index (κ1) is 14.0. The number of fused-ring (bicyclic) bond motifs is 1. The van der Waals surface area contributed by atoms with E-state index in [1.165, 1.54) is 35.0 Å². The molecule has 0 bridgehead atoms. The van der Waals surface area contributed by atoms with Gasteiger partial charge in [-0.15, -0.1) is 0 Å². The molecule has 1 aromatic heterocycles. The van der Waals surface area contributed by atoms with E-state index < -0.39 is 0 Å². The summed E-state index contributed by atoms with van der Waals surface area (Å²) in [6, 6.07) is 8.50. The van der Waals surface area contributed by atoms with Gasteiger partial charge in [0, 0.05) is 36.7 Å². The fraction of sp³-hybridized carbons (Fsp3) is 0.471. The van der Waals surface area contributed by atoms with Crippen molar-refractivity contribution in [3.05, 3.63) is 35.5 Å². The highest BCUT2D eigenvalue weighted by Crippen LogP contribution is 2.27. The maximum atomic E-state index is 4.28. The molecule has 0 unspecified atom stereocenters. The minimum absolute atomic E-state index is 0.861. The lowest BCUT2D eigenvalue weighted by molar-refractivity contribution is 0.734. The number of benzene rings is 1. The molecule has 4 heteroatoms. The second-order valence-corrected chi connectivity index (χ2v) is 5.85. The Hall–Kier alpha value is -1.97. The molecule has 0 radical (unpaired) electrons. The van der Waals surface area contributed by atoms with Crippen LogP contribution in [0.15, 0.2) is 29.3 Å². The lowest BCUT2D eigenvalue weighted by Gasteiger charge is -2.11. The van der Waals surface area contributed by atoms with Gasteiger partial charge in [0.15, 0.2) is 5.96 Å². The van der Waals surface area contributed by atoms with Crippen molar-refractivity contribution < 1.29 is 0 Å². The molecule has 112 valence electrons. The van der Waals surface area contributed by atoms with Crippen molar-refractivity contribution in [2.45, 2.75) is 26.2 Å². The Morgan fingerprint density at radius 2 is 2.10 bits per heavy atom. The molecule has 3 rings (SSSR count). The first-order valence-corrected chi connectivity index (χ1v) is 7.78. The Kier molecular flexibility index (Phi) is 4.13. The smallest absolute Gasteiger partial charge is 0.190 e. The van der Waals surface area contributed by atoms with Crippen LogP contribution in [-0.2, 0) is 6.42 Å². The van der Waals surface area contributed by atoms with E-state index in [2.05, 4.69) is 51.8 Å². The van der Waals surface area contributed by atoms with Gasteiger partial charge in [-0.2, -0.15) is 0 Å². The first-order valence-electron chi connectivity index (χ1n) is 7.78.